The molecule has 1 amide bonds. The van der Waals surface area contributed by atoms with Crippen molar-refractivity contribution in [2.45, 2.75) is 45.7 Å². The molecule has 0 aliphatic rings. The summed E-state index contributed by atoms with van der Waals surface area (Å²) < 4.78 is 5.59. The first kappa shape index (κ1) is 15.5. The molecule has 106 valence electrons. The Labute approximate surface area is 115 Å². The topological polar surface area (TPSA) is 64.3 Å². The molecule has 1 aromatic carbocycles. The van der Waals surface area contributed by atoms with Gasteiger partial charge in [-0.25, -0.2) is 0 Å². The van der Waals surface area contributed by atoms with Crippen LogP contribution in [0.3, 0.4) is 0 Å². The van der Waals surface area contributed by atoms with E-state index in [0.717, 1.165) is 30.8 Å². The molecule has 0 fully saturated rings. The van der Waals surface area contributed by atoms with Gasteiger partial charge >= 0.3 is 0 Å². The molecular weight excluding hydrogens is 240 g/mol. The van der Waals surface area contributed by atoms with Crippen LogP contribution < -0.4 is 15.8 Å². The van der Waals surface area contributed by atoms with Crippen molar-refractivity contribution in [3.05, 3.63) is 29.8 Å². The summed E-state index contributed by atoms with van der Waals surface area (Å²) in [5.74, 6) is 0.584. The number of nitrogens with one attached hydrogen (secondary N) is 1. The van der Waals surface area contributed by atoms with E-state index in [9.17, 15) is 4.79 Å². The summed E-state index contributed by atoms with van der Waals surface area (Å²) in [5.41, 5.74) is 6.40. The number of carbonyl (C=O) groups excluding carboxylic acids is 1. The zero-order chi connectivity index (χ0) is 14.1. The van der Waals surface area contributed by atoms with Crippen LogP contribution in [-0.2, 0) is 11.3 Å². The fraction of sp³-hybridized carbons (Fsp3) is 0.533. The maximum absolute atomic E-state index is 11.1. The average Bonchev–Trinajstić information content (AvgIpc) is 2.41. The molecule has 0 spiro atoms. The molecule has 1 atom stereocenters. The lowest BCUT2D eigenvalue weighted by Gasteiger charge is -2.13. The largest absolute Gasteiger partial charge is 0.494 e. The number of ether oxygens (including phenoxy) is 1. The monoisotopic (exact) mass is 264 g/mol. The standard InChI is InChI=1S/C15H24N2O2/c1-3-5-10-19-13-8-6-12(7-9-13)11-17-14(4-2)15(16)18/h6-9,14,17H,3-5,10-11H2,1-2H3,(H2,16,18). The fourth-order valence-electron chi connectivity index (χ4n) is 1.73. The zero-order valence-electron chi connectivity index (χ0n) is 11.8. The molecule has 0 aliphatic carbocycles. The van der Waals surface area contributed by atoms with Crippen molar-refractivity contribution in [3.63, 3.8) is 0 Å². The molecule has 4 nitrogen and oxygen atoms in total. The Morgan fingerprint density at radius 2 is 2.00 bits per heavy atom. The van der Waals surface area contributed by atoms with Crippen LogP contribution in [0.2, 0.25) is 0 Å². The average molecular weight is 264 g/mol. The van der Waals surface area contributed by atoms with Gasteiger partial charge < -0.3 is 15.8 Å². The van der Waals surface area contributed by atoms with Crippen LogP contribution in [0.15, 0.2) is 24.3 Å². The Morgan fingerprint density at radius 3 is 2.53 bits per heavy atom. The van der Waals surface area contributed by atoms with Crippen LogP contribution in [0.1, 0.15) is 38.7 Å². The molecule has 3 N–H and O–H groups in total. The summed E-state index contributed by atoms with van der Waals surface area (Å²) in [6.07, 6.45) is 2.90. The van der Waals surface area contributed by atoms with Gasteiger partial charge in [0, 0.05) is 6.54 Å². The van der Waals surface area contributed by atoms with Crippen LogP contribution >= 0.6 is 0 Å². The molecular formula is C15H24N2O2. The summed E-state index contributed by atoms with van der Waals surface area (Å²) in [7, 11) is 0. The van der Waals surface area contributed by atoms with E-state index >= 15 is 0 Å². The van der Waals surface area contributed by atoms with Crippen molar-refractivity contribution in [3.8, 4) is 5.75 Å². The van der Waals surface area contributed by atoms with Crippen LogP contribution in [0, 0.1) is 0 Å². The molecule has 0 aliphatic heterocycles. The van der Waals surface area contributed by atoms with Crippen molar-refractivity contribution in [1.82, 2.24) is 5.32 Å². The summed E-state index contributed by atoms with van der Waals surface area (Å²) >= 11 is 0. The lowest BCUT2D eigenvalue weighted by Crippen LogP contribution is -2.40. The van der Waals surface area contributed by atoms with Gasteiger partial charge in [0.15, 0.2) is 0 Å². The van der Waals surface area contributed by atoms with Crippen molar-refractivity contribution in [1.29, 1.82) is 0 Å². The lowest BCUT2D eigenvalue weighted by atomic mass is 10.1. The Morgan fingerprint density at radius 1 is 1.32 bits per heavy atom. The third-order valence-corrected chi connectivity index (χ3v) is 2.99. The molecule has 0 heterocycles. The number of hydrogen-bond acceptors (Lipinski definition) is 3. The molecule has 0 aromatic heterocycles. The quantitative estimate of drug-likeness (QED) is 0.672. The highest BCUT2D eigenvalue weighted by molar-refractivity contribution is 5.79. The Balaban J connectivity index is 2.41. The summed E-state index contributed by atoms with van der Waals surface area (Å²) in [5, 5.41) is 3.14. The van der Waals surface area contributed by atoms with Gasteiger partial charge in [-0.1, -0.05) is 32.4 Å². The maximum Gasteiger partial charge on any atom is 0.234 e. The third-order valence-electron chi connectivity index (χ3n) is 2.99. The van der Waals surface area contributed by atoms with Crippen LogP contribution in [-0.4, -0.2) is 18.6 Å². The number of nitrogens with two attached hydrogens (primary N) is 1. The summed E-state index contributed by atoms with van der Waals surface area (Å²) in [6, 6.07) is 7.65. The van der Waals surface area contributed by atoms with Gasteiger partial charge in [-0.15, -0.1) is 0 Å². The van der Waals surface area contributed by atoms with Gasteiger partial charge in [-0.05, 0) is 30.5 Å². The normalized spacial score (nSPS) is 12.1. The molecule has 0 saturated carbocycles. The first-order valence-corrected chi connectivity index (χ1v) is 6.91. The van der Waals surface area contributed by atoms with Crippen LogP contribution in [0.25, 0.3) is 0 Å². The fourth-order valence-corrected chi connectivity index (χ4v) is 1.73. The number of benzene rings is 1. The van der Waals surface area contributed by atoms with Crippen molar-refractivity contribution in [2.24, 2.45) is 5.73 Å². The first-order chi connectivity index (χ1) is 9.17. The van der Waals surface area contributed by atoms with Gasteiger partial charge in [0.05, 0.1) is 12.6 Å². The predicted molar refractivity (Wildman–Crippen MR) is 77.0 cm³/mol. The van der Waals surface area contributed by atoms with E-state index in [1.54, 1.807) is 0 Å². The number of rotatable bonds is 9. The van der Waals surface area contributed by atoms with E-state index < -0.39 is 0 Å². The third kappa shape index (κ3) is 5.75. The number of hydrogen-bond donors (Lipinski definition) is 2. The second-order valence-corrected chi connectivity index (χ2v) is 4.59. The molecule has 1 rings (SSSR count). The second-order valence-electron chi connectivity index (χ2n) is 4.59. The van der Waals surface area contributed by atoms with E-state index in [1.807, 2.05) is 31.2 Å². The van der Waals surface area contributed by atoms with Gasteiger partial charge in [0.2, 0.25) is 5.91 Å². The van der Waals surface area contributed by atoms with E-state index in [1.165, 1.54) is 0 Å². The van der Waals surface area contributed by atoms with Crippen molar-refractivity contribution >= 4 is 5.91 Å². The maximum atomic E-state index is 11.1. The molecule has 19 heavy (non-hydrogen) atoms. The second kappa shape index (κ2) is 8.53. The van der Waals surface area contributed by atoms with Crippen LogP contribution in [0.5, 0.6) is 5.75 Å². The molecule has 1 unspecified atom stereocenters. The van der Waals surface area contributed by atoms with E-state index in [0.29, 0.717) is 13.0 Å². The molecule has 0 bridgehead atoms. The molecule has 4 heteroatoms. The first-order valence-electron chi connectivity index (χ1n) is 6.91. The number of carbonyl (C=O) groups is 1. The van der Waals surface area contributed by atoms with E-state index in [2.05, 4.69) is 12.2 Å². The zero-order valence-corrected chi connectivity index (χ0v) is 11.8. The Hall–Kier alpha value is -1.55. The molecule has 0 saturated heterocycles. The van der Waals surface area contributed by atoms with Crippen molar-refractivity contribution < 1.29 is 9.53 Å². The number of primary amides is 1. The highest BCUT2D eigenvalue weighted by Gasteiger charge is 2.11. The summed E-state index contributed by atoms with van der Waals surface area (Å²) in [6.45, 7) is 5.47. The van der Waals surface area contributed by atoms with Gasteiger partial charge in [0.25, 0.3) is 0 Å². The SMILES string of the molecule is CCCCOc1ccc(CNC(CC)C(N)=O)cc1. The Bertz CT molecular complexity index is 376. The Kier molecular flexibility index (Phi) is 6.97. The van der Waals surface area contributed by atoms with Crippen molar-refractivity contribution in [2.75, 3.05) is 6.61 Å². The van der Waals surface area contributed by atoms with Gasteiger partial charge in [-0.3, -0.25) is 4.79 Å². The van der Waals surface area contributed by atoms with E-state index in [4.69, 9.17) is 10.5 Å². The number of unbranched alkanes of at least 4 members (excludes halogenated alkanes) is 1. The van der Waals surface area contributed by atoms with E-state index in [-0.39, 0.29) is 11.9 Å². The molecule has 0 radical (unpaired) electrons. The minimum absolute atomic E-state index is 0.263. The van der Waals surface area contributed by atoms with Crippen LogP contribution in [0.4, 0.5) is 0 Å². The smallest absolute Gasteiger partial charge is 0.234 e. The van der Waals surface area contributed by atoms with Gasteiger partial charge in [0.1, 0.15) is 5.75 Å². The minimum atomic E-state index is -0.304. The highest BCUT2D eigenvalue weighted by Crippen LogP contribution is 2.12. The lowest BCUT2D eigenvalue weighted by molar-refractivity contribution is -0.120. The highest BCUT2D eigenvalue weighted by atomic mass is 16.5. The van der Waals surface area contributed by atoms with Gasteiger partial charge in [-0.2, -0.15) is 0 Å². The minimum Gasteiger partial charge on any atom is -0.494 e. The summed E-state index contributed by atoms with van der Waals surface area (Å²) in [4.78, 5) is 11.1. The predicted octanol–water partition coefficient (Wildman–Crippen LogP) is 2.22. The number of amides is 1. The molecule has 1 aromatic rings.